The van der Waals surface area contributed by atoms with E-state index >= 15 is 0 Å². The molecule has 1 aliphatic heterocycles. The van der Waals surface area contributed by atoms with E-state index in [0.29, 0.717) is 17.6 Å². The first-order valence-corrected chi connectivity index (χ1v) is 14.1. The minimum absolute atomic E-state index is 0.0496. The molecular weight excluding hydrogens is 481 g/mol. The van der Waals surface area contributed by atoms with Crippen LogP contribution in [0.3, 0.4) is 0 Å². The number of piperidine rings is 1. The molecule has 0 atom stereocenters. The van der Waals surface area contributed by atoms with Crippen LogP contribution in [0, 0.1) is 11.7 Å². The topological polar surface area (TPSA) is 79.3 Å². The van der Waals surface area contributed by atoms with Crippen LogP contribution in [0.5, 0.6) is 0 Å². The van der Waals surface area contributed by atoms with Crippen LogP contribution < -0.4 is 10.6 Å². The normalized spacial score (nSPS) is 22.3. The number of hydrogen-bond acceptors (Lipinski definition) is 4. The summed E-state index contributed by atoms with van der Waals surface area (Å²) in [6.45, 7) is 3.17. The van der Waals surface area contributed by atoms with Gasteiger partial charge in [0.25, 0.3) is 5.91 Å². The molecule has 6 rings (SSSR count). The van der Waals surface area contributed by atoms with Crippen molar-refractivity contribution in [2.24, 2.45) is 5.92 Å². The fourth-order valence-electron chi connectivity index (χ4n) is 5.99. The van der Waals surface area contributed by atoms with Crippen LogP contribution in [0.1, 0.15) is 79.8 Å². The third-order valence-electron chi connectivity index (χ3n) is 8.30. The third kappa shape index (κ3) is 5.60. The molecule has 1 aromatic heterocycles. The molecule has 2 N–H and O–H groups in total. The van der Waals surface area contributed by atoms with Gasteiger partial charge in [0.05, 0.1) is 11.0 Å². The largest absolute Gasteiger partial charge is 0.353 e. The highest BCUT2D eigenvalue weighted by Crippen LogP contribution is 2.37. The van der Waals surface area contributed by atoms with Crippen LogP contribution in [-0.2, 0) is 11.3 Å². The number of fused-ring (bicyclic) bond motifs is 1. The molecule has 2 saturated carbocycles. The van der Waals surface area contributed by atoms with Crippen molar-refractivity contribution in [3.8, 4) is 0 Å². The molecule has 2 aliphatic carbocycles. The molecule has 38 heavy (non-hydrogen) atoms. The number of hydrogen-bond donors (Lipinski definition) is 2. The van der Waals surface area contributed by atoms with Crippen molar-refractivity contribution in [3.63, 3.8) is 0 Å². The number of carbonyl (C=O) groups excluding carboxylic acids is 2. The van der Waals surface area contributed by atoms with E-state index in [1.54, 1.807) is 0 Å². The van der Waals surface area contributed by atoms with Gasteiger partial charge in [-0.3, -0.25) is 19.8 Å². The van der Waals surface area contributed by atoms with Crippen molar-refractivity contribution in [2.75, 3.05) is 18.4 Å². The van der Waals surface area contributed by atoms with E-state index in [0.717, 1.165) is 69.2 Å². The van der Waals surface area contributed by atoms with E-state index in [9.17, 15) is 14.0 Å². The standard InChI is InChI=1S/C30H36FN5O2/c31-23-9-5-21(6-10-23)29(38)34-30-33-26-15-4-20(19-35-16-2-1-3-17-35)18-27(26)36(30)25-13-7-22(8-14-25)28(37)32-24-11-12-24/h4-6,9-10,15,18,22,24-25H,1-3,7-8,11-14,16-17,19H2,(H,32,37)(H,33,34,38). The van der Waals surface area contributed by atoms with Crippen molar-refractivity contribution in [1.82, 2.24) is 19.8 Å². The van der Waals surface area contributed by atoms with Gasteiger partial charge in [-0.15, -0.1) is 0 Å². The van der Waals surface area contributed by atoms with E-state index in [1.165, 1.54) is 49.1 Å². The van der Waals surface area contributed by atoms with Crippen molar-refractivity contribution in [1.29, 1.82) is 0 Å². The summed E-state index contributed by atoms with van der Waals surface area (Å²) in [5.74, 6) is 0.0593. The quantitative estimate of drug-likeness (QED) is 0.438. The van der Waals surface area contributed by atoms with E-state index < -0.39 is 0 Å². The summed E-state index contributed by atoms with van der Waals surface area (Å²) in [5, 5.41) is 6.17. The first-order valence-electron chi connectivity index (χ1n) is 14.1. The van der Waals surface area contributed by atoms with Crippen LogP contribution in [0.25, 0.3) is 11.0 Å². The lowest BCUT2D eigenvalue weighted by molar-refractivity contribution is -0.126. The summed E-state index contributed by atoms with van der Waals surface area (Å²) in [6, 6.07) is 12.5. The number of benzene rings is 2. The molecule has 3 aromatic rings. The predicted octanol–water partition coefficient (Wildman–Crippen LogP) is 5.42. The van der Waals surface area contributed by atoms with Crippen molar-refractivity contribution in [2.45, 2.75) is 76.4 Å². The predicted molar refractivity (Wildman–Crippen MR) is 145 cm³/mol. The van der Waals surface area contributed by atoms with E-state index in [-0.39, 0.29) is 29.6 Å². The van der Waals surface area contributed by atoms with E-state index in [4.69, 9.17) is 4.98 Å². The summed E-state index contributed by atoms with van der Waals surface area (Å²) in [4.78, 5) is 33.1. The second-order valence-corrected chi connectivity index (χ2v) is 11.2. The molecule has 200 valence electrons. The number of nitrogens with one attached hydrogen (secondary N) is 2. The summed E-state index contributed by atoms with van der Waals surface area (Å²) >= 11 is 0. The highest BCUT2D eigenvalue weighted by atomic mass is 19.1. The zero-order valence-corrected chi connectivity index (χ0v) is 21.8. The molecule has 0 radical (unpaired) electrons. The number of aromatic nitrogens is 2. The van der Waals surface area contributed by atoms with Gasteiger partial charge in [0.1, 0.15) is 5.82 Å². The van der Waals surface area contributed by atoms with E-state index in [2.05, 4.69) is 32.2 Å². The lowest BCUT2D eigenvalue weighted by Gasteiger charge is -2.30. The Morgan fingerprint density at radius 2 is 1.66 bits per heavy atom. The van der Waals surface area contributed by atoms with Gasteiger partial charge in [-0.2, -0.15) is 0 Å². The Kier molecular flexibility index (Phi) is 7.15. The Hall–Kier alpha value is -3.26. The summed E-state index contributed by atoms with van der Waals surface area (Å²) in [5.41, 5.74) is 3.49. The fraction of sp³-hybridized carbons (Fsp3) is 0.500. The molecule has 0 unspecified atom stereocenters. The van der Waals surface area contributed by atoms with Gasteiger partial charge < -0.3 is 9.88 Å². The van der Waals surface area contributed by atoms with Crippen molar-refractivity contribution < 1.29 is 14.0 Å². The number of imidazole rings is 1. The Morgan fingerprint density at radius 3 is 2.37 bits per heavy atom. The number of likely N-dealkylation sites (tertiary alicyclic amines) is 1. The smallest absolute Gasteiger partial charge is 0.257 e. The van der Waals surface area contributed by atoms with Crippen molar-refractivity contribution >= 4 is 28.8 Å². The molecule has 0 spiro atoms. The SMILES string of the molecule is O=C(Nc1nc2ccc(CN3CCCCC3)cc2n1C1CCC(C(=O)NC2CC2)CC1)c1ccc(F)cc1. The number of anilines is 1. The average Bonchev–Trinajstić information content (AvgIpc) is 3.68. The Labute approximate surface area is 222 Å². The van der Waals surface area contributed by atoms with Gasteiger partial charge in [-0.1, -0.05) is 12.5 Å². The maximum atomic E-state index is 13.4. The lowest BCUT2D eigenvalue weighted by Crippen LogP contribution is -2.35. The molecule has 7 nitrogen and oxygen atoms in total. The summed E-state index contributed by atoms with van der Waals surface area (Å²) in [7, 11) is 0. The summed E-state index contributed by atoms with van der Waals surface area (Å²) < 4.78 is 15.6. The van der Waals surface area contributed by atoms with Gasteiger partial charge in [0.2, 0.25) is 11.9 Å². The van der Waals surface area contributed by atoms with Crippen LogP contribution in [0.2, 0.25) is 0 Å². The highest BCUT2D eigenvalue weighted by Gasteiger charge is 2.32. The average molecular weight is 518 g/mol. The zero-order valence-electron chi connectivity index (χ0n) is 21.8. The van der Waals surface area contributed by atoms with Gasteiger partial charge in [0, 0.05) is 30.1 Å². The third-order valence-corrected chi connectivity index (χ3v) is 8.30. The number of amides is 2. The number of nitrogens with zero attached hydrogens (tertiary/aromatic N) is 3. The Bertz CT molecular complexity index is 1300. The second-order valence-electron chi connectivity index (χ2n) is 11.2. The Morgan fingerprint density at radius 1 is 0.921 bits per heavy atom. The molecule has 3 fully saturated rings. The second kappa shape index (κ2) is 10.8. The minimum Gasteiger partial charge on any atom is -0.353 e. The molecule has 2 heterocycles. The molecule has 8 heteroatoms. The lowest BCUT2D eigenvalue weighted by atomic mass is 9.85. The first kappa shape index (κ1) is 25.0. The molecule has 2 amide bonds. The van der Waals surface area contributed by atoms with Crippen LogP contribution in [0.15, 0.2) is 42.5 Å². The van der Waals surface area contributed by atoms with Crippen LogP contribution in [0.4, 0.5) is 10.3 Å². The maximum absolute atomic E-state index is 13.4. The van der Waals surface area contributed by atoms with Gasteiger partial charge in [0.15, 0.2) is 0 Å². The Balaban J connectivity index is 1.27. The fourth-order valence-corrected chi connectivity index (χ4v) is 5.99. The highest BCUT2D eigenvalue weighted by molar-refractivity contribution is 6.04. The molecule has 1 saturated heterocycles. The van der Waals surface area contributed by atoms with Gasteiger partial charge in [-0.05, 0) is 106 Å². The first-order chi connectivity index (χ1) is 18.5. The minimum atomic E-state index is -0.377. The monoisotopic (exact) mass is 517 g/mol. The van der Waals surface area contributed by atoms with E-state index in [1.807, 2.05) is 6.07 Å². The summed E-state index contributed by atoms with van der Waals surface area (Å²) in [6.07, 6.45) is 9.34. The number of carbonyl (C=O) groups is 2. The number of rotatable bonds is 7. The maximum Gasteiger partial charge on any atom is 0.257 e. The van der Waals surface area contributed by atoms with Gasteiger partial charge >= 0.3 is 0 Å². The molecule has 3 aliphatic rings. The van der Waals surface area contributed by atoms with Crippen LogP contribution in [-0.4, -0.2) is 45.4 Å². The van der Waals surface area contributed by atoms with Crippen molar-refractivity contribution in [3.05, 3.63) is 59.4 Å². The van der Waals surface area contributed by atoms with Crippen LogP contribution >= 0.6 is 0 Å². The molecule has 0 bridgehead atoms. The zero-order chi connectivity index (χ0) is 26.1. The molecular formula is C30H36FN5O2. The number of halogens is 1. The molecule has 2 aromatic carbocycles. The van der Waals surface area contributed by atoms with Gasteiger partial charge in [-0.25, -0.2) is 9.37 Å².